The molecule has 0 atom stereocenters. The van der Waals surface area contributed by atoms with Crippen LogP contribution in [0.3, 0.4) is 0 Å². The van der Waals surface area contributed by atoms with Crippen molar-refractivity contribution in [3.63, 3.8) is 0 Å². The third kappa shape index (κ3) is 3.27. The minimum absolute atomic E-state index is 0.154. The Hall–Kier alpha value is -2.44. The summed E-state index contributed by atoms with van der Waals surface area (Å²) in [6.07, 6.45) is 2.54. The summed E-state index contributed by atoms with van der Waals surface area (Å²) in [7, 11) is 0. The predicted molar refractivity (Wildman–Crippen MR) is 66.0 cm³/mol. The largest absolute Gasteiger partial charge is 0.370 e. The van der Waals surface area contributed by atoms with Gasteiger partial charge in [0.05, 0.1) is 24.5 Å². The normalized spacial score (nSPS) is 10.2. The average molecular weight is 264 g/mol. The van der Waals surface area contributed by atoms with E-state index in [1.165, 1.54) is 6.20 Å². The lowest BCUT2D eigenvalue weighted by atomic mass is 10.2. The summed E-state index contributed by atoms with van der Waals surface area (Å²) in [6, 6.07) is 2.77. The van der Waals surface area contributed by atoms with Gasteiger partial charge in [-0.05, 0) is 13.0 Å². The number of nitrogens with zero attached hydrogens (tertiary/aromatic N) is 2. The molecule has 0 aliphatic heterocycles. The van der Waals surface area contributed by atoms with Gasteiger partial charge in [-0.15, -0.1) is 0 Å². The topological polar surface area (TPSA) is 80.0 Å². The fraction of sp³-hybridized carbons (Fsp3) is 0.250. The van der Waals surface area contributed by atoms with Gasteiger partial charge >= 0.3 is 0 Å². The predicted octanol–water partition coefficient (Wildman–Crippen LogP) is 1.57. The summed E-state index contributed by atoms with van der Waals surface area (Å²) < 4.78 is 18.0. The van der Waals surface area contributed by atoms with Gasteiger partial charge in [0.15, 0.2) is 5.76 Å². The van der Waals surface area contributed by atoms with Gasteiger partial charge in [0, 0.05) is 12.6 Å². The molecule has 2 heterocycles. The molecule has 0 saturated heterocycles. The van der Waals surface area contributed by atoms with E-state index in [0.29, 0.717) is 18.1 Å². The number of carbonyl (C=O) groups excluding carboxylic acids is 1. The zero-order valence-electron chi connectivity index (χ0n) is 10.3. The third-order valence-electron chi connectivity index (χ3n) is 2.36. The van der Waals surface area contributed by atoms with Gasteiger partial charge < -0.3 is 15.2 Å². The first kappa shape index (κ1) is 13.0. The first-order chi connectivity index (χ1) is 9.20. The van der Waals surface area contributed by atoms with Gasteiger partial charge in [-0.3, -0.25) is 4.79 Å². The fourth-order valence-electron chi connectivity index (χ4n) is 1.52. The molecule has 0 aliphatic carbocycles. The molecule has 2 rings (SSSR count). The Balaban J connectivity index is 2.11. The Morgan fingerprint density at radius 1 is 1.53 bits per heavy atom. The molecule has 0 unspecified atom stereocenters. The van der Waals surface area contributed by atoms with Crippen LogP contribution in [0.5, 0.6) is 0 Å². The van der Waals surface area contributed by atoms with Crippen LogP contribution in [0, 0.1) is 5.82 Å². The zero-order valence-corrected chi connectivity index (χ0v) is 10.3. The highest BCUT2D eigenvalue weighted by Gasteiger charge is 2.14. The van der Waals surface area contributed by atoms with Crippen LogP contribution >= 0.6 is 0 Å². The fourth-order valence-corrected chi connectivity index (χ4v) is 1.52. The van der Waals surface area contributed by atoms with Crippen LogP contribution in [-0.2, 0) is 6.54 Å². The van der Waals surface area contributed by atoms with Crippen molar-refractivity contribution in [2.75, 3.05) is 11.9 Å². The number of amides is 1. The summed E-state index contributed by atoms with van der Waals surface area (Å²) in [4.78, 5) is 15.8. The number of carbonyl (C=O) groups is 1. The Kier molecular flexibility index (Phi) is 4.07. The summed E-state index contributed by atoms with van der Waals surface area (Å²) in [5, 5.41) is 9.03. The number of halogens is 1. The van der Waals surface area contributed by atoms with E-state index in [2.05, 4.69) is 20.8 Å². The lowest BCUT2D eigenvalue weighted by Gasteiger charge is -2.09. The van der Waals surface area contributed by atoms with Crippen LogP contribution in [0.1, 0.15) is 23.0 Å². The van der Waals surface area contributed by atoms with E-state index < -0.39 is 11.7 Å². The van der Waals surface area contributed by atoms with Crippen molar-refractivity contribution in [1.82, 2.24) is 15.5 Å². The van der Waals surface area contributed by atoms with Crippen LogP contribution in [0.4, 0.5) is 10.2 Å². The molecule has 0 aliphatic rings. The Morgan fingerprint density at radius 3 is 3.05 bits per heavy atom. The minimum Gasteiger partial charge on any atom is -0.370 e. The molecule has 2 N–H and O–H groups in total. The molecule has 2 aromatic rings. The first-order valence-electron chi connectivity index (χ1n) is 5.78. The number of hydrogen-bond acceptors (Lipinski definition) is 5. The summed E-state index contributed by atoms with van der Waals surface area (Å²) in [6.45, 7) is 2.63. The van der Waals surface area contributed by atoms with Gasteiger partial charge in [0.2, 0.25) is 0 Å². The van der Waals surface area contributed by atoms with Crippen molar-refractivity contribution in [1.29, 1.82) is 0 Å². The van der Waals surface area contributed by atoms with Crippen molar-refractivity contribution in [3.05, 3.63) is 41.7 Å². The van der Waals surface area contributed by atoms with Crippen molar-refractivity contribution in [2.24, 2.45) is 0 Å². The van der Waals surface area contributed by atoms with E-state index >= 15 is 0 Å². The molecule has 0 radical (unpaired) electrons. The Labute approximate surface area is 109 Å². The molecule has 2 aromatic heterocycles. The van der Waals surface area contributed by atoms with Crippen LogP contribution in [0.25, 0.3) is 0 Å². The van der Waals surface area contributed by atoms with Crippen LogP contribution in [-0.4, -0.2) is 22.6 Å². The molecule has 0 bridgehead atoms. The molecule has 7 heteroatoms. The molecular weight excluding hydrogens is 251 g/mol. The van der Waals surface area contributed by atoms with E-state index in [0.717, 1.165) is 12.3 Å². The monoisotopic (exact) mass is 264 g/mol. The van der Waals surface area contributed by atoms with E-state index in [4.69, 9.17) is 4.52 Å². The number of nitrogens with one attached hydrogen (secondary N) is 2. The van der Waals surface area contributed by atoms with Gasteiger partial charge in [-0.1, -0.05) is 5.16 Å². The molecule has 0 fully saturated rings. The number of rotatable bonds is 5. The van der Waals surface area contributed by atoms with Crippen molar-refractivity contribution >= 4 is 11.7 Å². The van der Waals surface area contributed by atoms with Crippen molar-refractivity contribution in [2.45, 2.75) is 13.5 Å². The van der Waals surface area contributed by atoms with E-state index in [-0.39, 0.29) is 12.1 Å². The zero-order chi connectivity index (χ0) is 13.7. The second-order valence-electron chi connectivity index (χ2n) is 3.74. The molecular formula is C12H13FN4O2. The summed E-state index contributed by atoms with van der Waals surface area (Å²) in [5.74, 6) is -0.132. The molecule has 0 aromatic carbocycles. The number of aromatic nitrogens is 2. The highest BCUT2D eigenvalue weighted by Crippen LogP contribution is 2.13. The van der Waals surface area contributed by atoms with E-state index in [9.17, 15) is 9.18 Å². The number of anilines is 1. The quantitative estimate of drug-likeness (QED) is 0.856. The molecule has 0 spiro atoms. The number of hydrogen-bond donors (Lipinski definition) is 2. The average Bonchev–Trinajstić information content (AvgIpc) is 2.91. The Morgan fingerprint density at radius 2 is 2.37 bits per heavy atom. The van der Waals surface area contributed by atoms with E-state index in [1.807, 2.05) is 6.92 Å². The Bertz CT molecular complexity index is 557. The maximum Gasteiger partial charge on any atom is 0.255 e. The maximum absolute atomic E-state index is 13.2. The second-order valence-corrected chi connectivity index (χ2v) is 3.74. The molecule has 0 saturated carbocycles. The maximum atomic E-state index is 13.2. The van der Waals surface area contributed by atoms with Gasteiger partial charge in [-0.25, -0.2) is 9.37 Å². The highest BCUT2D eigenvalue weighted by atomic mass is 19.1. The summed E-state index contributed by atoms with van der Waals surface area (Å²) in [5.41, 5.74) is 0.154. The minimum atomic E-state index is -0.563. The third-order valence-corrected chi connectivity index (χ3v) is 2.36. The molecule has 6 nitrogen and oxygen atoms in total. The molecule has 1 amide bonds. The molecule has 100 valence electrons. The lowest BCUT2D eigenvalue weighted by Crippen LogP contribution is -2.24. The van der Waals surface area contributed by atoms with Crippen LogP contribution in [0.15, 0.2) is 29.0 Å². The molecule has 19 heavy (non-hydrogen) atoms. The van der Waals surface area contributed by atoms with E-state index in [1.54, 1.807) is 6.07 Å². The van der Waals surface area contributed by atoms with Crippen LogP contribution < -0.4 is 10.6 Å². The summed E-state index contributed by atoms with van der Waals surface area (Å²) >= 11 is 0. The van der Waals surface area contributed by atoms with Gasteiger partial charge in [0.1, 0.15) is 11.6 Å². The lowest BCUT2D eigenvalue weighted by molar-refractivity contribution is 0.0947. The highest BCUT2D eigenvalue weighted by molar-refractivity contribution is 5.98. The van der Waals surface area contributed by atoms with Crippen molar-refractivity contribution < 1.29 is 13.7 Å². The first-order valence-corrected chi connectivity index (χ1v) is 5.78. The van der Waals surface area contributed by atoms with Crippen LogP contribution in [0.2, 0.25) is 0 Å². The smallest absolute Gasteiger partial charge is 0.255 e. The number of pyridine rings is 1. The standard InChI is InChI=1S/C12H13FN4O2/c1-2-14-11-10(5-8(13)6-15-11)12(18)16-7-9-3-4-17-19-9/h3-6H,2,7H2,1H3,(H,14,15)(H,16,18). The van der Waals surface area contributed by atoms with Crippen molar-refractivity contribution in [3.8, 4) is 0 Å². The SMILES string of the molecule is CCNc1ncc(F)cc1C(=O)NCc1ccno1. The van der Waals surface area contributed by atoms with Gasteiger partial charge in [0.25, 0.3) is 5.91 Å². The van der Waals surface area contributed by atoms with Gasteiger partial charge in [-0.2, -0.15) is 0 Å². The second kappa shape index (κ2) is 5.94.